The fraction of sp³-hybridized carbons (Fsp3) is 0.111. The van der Waals surface area contributed by atoms with Crippen molar-refractivity contribution in [2.45, 2.75) is 12.5 Å². The maximum atomic E-state index is 11.9. The Morgan fingerprint density at radius 2 is 1.76 bits per heavy atom. The first-order chi connectivity index (χ1) is 12.1. The first-order valence-electron chi connectivity index (χ1n) is 7.57. The zero-order valence-electron chi connectivity index (χ0n) is 13.1. The number of carbonyl (C=O) groups is 1. The van der Waals surface area contributed by atoms with Gasteiger partial charge in [-0.15, -0.1) is 0 Å². The van der Waals surface area contributed by atoms with Gasteiger partial charge in [-0.1, -0.05) is 48.5 Å². The lowest BCUT2D eigenvalue weighted by atomic mass is 10.0. The van der Waals surface area contributed by atoms with Crippen molar-refractivity contribution in [3.63, 3.8) is 0 Å². The number of rotatable bonds is 6. The predicted octanol–water partition coefficient (Wildman–Crippen LogP) is 3.05. The number of hydrogen-bond donors (Lipinski definition) is 1. The molecule has 2 atom stereocenters. The van der Waals surface area contributed by atoms with E-state index < -0.39 is 23.3 Å². The highest BCUT2D eigenvalue weighted by Gasteiger charge is 2.25. The van der Waals surface area contributed by atoms with Crippen LogP contribution in [0.5, 0.6) is 0 Å². The van der Waals surface area contributed by atoms with Gasteiger partial charge in [0.15, 0.2) is 0 Å². The first kappa shape index (κ1) is 17.1. The largest absolute Gasteiger partial charge is 0.755 e. The number of aliphatic carboxylic acids is 1. The van der Waals surface area contributed by atoms with Gasteiger partial charge in [-0.25, -0.2) is 4.98 Å². The molecule has 3 rings (SSSR count). The van der Waals surface area contributed by atoms with E-state index in [0.29, 0.717) is 11.1 Å². The second kappa shape index (κ2) is 7.42. The molecule has 1 aromatic heterocycles. The molecule has 0 saturated heterocycles. The Labute approximate surface area is 147 Å². The second-order valence-electron chi connectivity index (χ2n) is 5.43. The van der Waals surface area contributed by atoms with E-state index in [0.717, 1.165) is 9.69 Å². The Morgan fingerprint density at radius 3 is 2.44 bits per heavy atom. The summed E-state index contributed by atoms with van der Waals surface area (Å²) in [7, 11) is 0. The van der Waals surface area contributed by atoms with Crippen molar-refractivity contribution in [3.8, 4) is 0 Å². The number of pyridine rings is 1. The molecule has 128 valence electrons. The Bertz CT molecular complexity index is 917. The van der Waals surface area contributed by atoms with E-state index in [1.165, 1.54) is 0 Å². The molecule has 2 unspecified atom stereocenters. The van der Waals surface area contributed by atoms with Gasteiger partial charge in [0.05, 0.1) is 18.0 Å². The van der Waals surface area contributed by atoms with Crippen molar-refractivity contribution >= 4 is 34.0 Å². The Hall–Kier alpha value is -2.77. The van der Waals surface area contributed by atoms with Gasteiger partial charge in [0, 0.05) is 16.7 Å². The fourth-order valence-electron chi connectivity index (χ4n) is 2.69. The summed E-state index contributed by atoms with van der Waals surface area (Å²) in [5.74, 6) is -0.910. The number of carboxylic acid groups (broad SMARTS) is 1. The summed E-state index contributed by atoms with van der Waals surface area (Å²) in [6.45, 7) is 0. The SMILES string of the molecule is O=C(O)CC(c1ccccc1)N(c1ccc2ccccc2n1)S(=O)[O-]. The van der Waals surface area contributed by atoms with Crippen LogP contribution in [0.3, 0.4) is 0 Å². The number of benzene rings is 2. The Balaban J connectivity index is 2.10. The maximum absolute atomic E-state index is 11.9. The lowest BCUT2D eigenvalue weighted by Gasteiger charge is -2.33. The quantitative estimate of drug-likeness (QED) is 0.686. The van der Waals surface area contributed by atoms with Crippen LogP contribution in [0.1, 0.15) is 18.0 Å². The Morgan fingerprint density at radius 1 is 1.08 bits per heavy atom. The zero-order chi connectivity index (χ0) is 17.8. The van der Waals surface area contributed by atoms with Crippen LogP contribution >= 0.6 is 0 Å². The normalized spacial score (nSPS) is 13.3. The minimum absolute atomic E-state index is 0.183. The van der Waals surface area contributed by atoms with E-state index in [1.54, 1.807) is 48.5 Å². The summed E-state index contributed by atoms with van der Waals surface area (Å²) in [6, 6.07) is 18.5. The van der Waals surface area contributed by atoms with Gasteiger partial charge in [-0.2, -0.15) is 0 Å². The number of hydrogen-bond acceptors (Lipinski definition) is 4. The summed E-state index contributed by atoms with van der Waals surface area (Å²) in [6.07, 6.45) is -0.369. The van der Waals surface area contributed by atoms with E-state index >= 15 is 0 Å². The molecule has 1 heterocycles. The van der Waals surface area contributed by atoms with Gasteiger partial charge < -0.3 is 9.66 Å². The molecular weight excluding hydrogens is 340 g/mol. The fourth-order valence-corrected chi connectivity index (χ4v) is 3.35. The molecule has 2 aromatic carbocycles. The molecule has 1 N–H and O–H groups in total. The molecule has 0 aliphatic rings. The van der Waals surface area contributed by atoms with E-state index in [-0.39, 0.29) is 12.2 Å². The maximum Gasteiger partial charge on any atom is 0.305 e. The average Bonchev–Trinajstić information content (AvgIpc) is 2.61. The molecule has 0 radical (unpaired) electrons. The average molecular weight is 355 g/mol. The predicted molar refractivity (Wildman–Crippen MR) is 94.6 cm³/mol. The zero-order valence-corrected chi connectivity index (χ0v) is 13.9. The minimum atomic E-state index is -2.69. The van der Waals surface area contributed by atoms with Gasteiger partial charge in [0.2, 0.25) is 0 Å². The molecule has 0 amide bonds. The van der Waals surface area contributed by atoms with Crippen LogP contribution in [0.25, 0.3) is 10.9 Å². The Kier molecular flexibility index (Phi) is 5.06. The second-order valence-corrected chi connectivity index (χ2v) is 6.26. The third-order valence-corrected chi connectivity index (χ3v) is 4.57. The van der Waals surface area contributed by atoms with Crippen molar-refractivity contribution in [1.82, 2.24) is 4.98 Å². The molecule has 0 spiro atoms. The van der Waals surface area contributed by atoms with E-state index in [4.69, 9.17) is 0 Å². The van der Waals surface area contributed by atoms with Crippen LogP contribution in [0.4, 0.5) is 5.82 Å². The van der Waals surface area contributed by atoms with Crippen molar-refractivity contribution in [1.29, 1.82) is 0 Å². The van der Waals surface area contributed by atoms with Crippen molar-refractivity contribution in [2.24, 2.45) is 0 Å². The van der Waals surface area contributed by atoms with Crippen LogP contribution in [0.2, 0.25) is 0 Å². The van der Waals surface area contributed by atoms with Gasteiger partial charge in [0.1, 0.15) is 5.82 Å². The smallest absolute Gasteiger partial charge is 0.305 e. The number of fused-ring (bicyclic) bond motifs is 1. The van der Waals surface area contributed by atoms with Gasteiger partial charge >= 0.3 is 5.97 Å². The highest BCUT2D eigenvalue weighted by molar-refractivity contribution is 7.80. The van der Waals surface area contributed by atoms with E-state index in [2.05, 4.69) is 4.98 Å². The van der Waals surface area contributed by atoms with E-state index in [1.807, 2.05) is 18.2 Å². The van der Waals surface area contributed by atoms with Crippen molar-refractivity contribution in [2.75, 3.05) is 4.31 Å². The highest BCUT2D eigenvalue weighted by Crippen LogP contribution is 2.31. The molecule has 3 aromatic rings. The number of nitrogens with zero attached hydrogens (tertiary/aromatic N) is 2. The number of para-hydroxylation sites is 1. The minimum Gasteiger partial charge on any atom is -0.755 e. The summed E-state index contributed by atoms with van der Waals surface area (Å²) in [5.41, 5.74) is 1.22. The molecule has 0 fully saturated rings. The van der Waals surface area contributed by atoms with Crippen LogP contribution < -0.4 is 4.31 Å². The molecule has 6 nitrogen and oxygen atoms in total. The van der Waals surface area contributed by atoms with E-state index in [9.17, 15) is 18.7 Å². The van der Waals surface area contributed by atoms with Gasteiger partial charge in [0.25, 0.3) is 0 Å². The molecular formula is C18H15N2O4S-. The van der Waals surface area contributed by atoms with Crippen LogP contribution in [0, 0.1) is 0 Å². The summed E-state index contributed by atoms with van der Waals surface area (Å²) < 4.78 is 24.9. The van der Waals surface area contributed by atoms with Gasteiger partial charge in [-0.05, 0) is 23.8 Å². The van der Waals surface area contributed by atoms with Crippen LogP contribution in [-0.2, 0) is 16.1 Å². The monoisotopic (exact) mass is 355 g/mol. The first-order valence-corrected chi connectivity index (χ1v) is 8.60. The molecule has 0 aliphatic heterocycles. The van der Waals surface area contributed by atoms with Crippen LogP contribution in [0.15, 0.2) is 66.7 Å². The number of anilines is 1. The van der Waals surface area contributed by atoms with Gasteiger partial charge in [-0.3, -0.25) is 13.3 Å². The molecule has 0 bridgehead atoms. The van der Waals surface area contributed by atoms with Crippen LogP contribution in [-0.4, -0.2) is 24.8 Å². The molecule has 0 aliphatic carbocycles. The standard InChI is InChI=1S/C18H16N2O4S/c21-18(22)12-16(14-7-2-1-3-8-14)20(25(23)24)17-11-10-13-6-4-5-9-15(13)19-17/h1-11,16H,12H2,(H,21,22)(H,23,24)/p-1. The third-order valence-electron chi connectivity index (χ3n) is 3.81. The number of carboxylic acids is 1. The molecule has 25 heavy (non-hydrogen) atoms. The topological polar surface area (TPSA) is 93.6 Å². The molecule has 7 heteroatoms. The lowest BCUT2D eigenvalue weighted by molar-refractivity contribution is -0.137. The summed E-state index contributed by atoms with van der Waals surface area (Å²) >= 11 is -2.69. The summed E-state index contributed by atoms with van der Waals surface area (Å²) in [4.78, 5) is 15.7. The highest BCUT2D eigenvalue weighted by atomic mass is 32.2. The molecule has 0 saturated carbocycles. The summed E-state index contributed by atoms with van der Waals surface area (Å²) in [5, 5.41) is 10.1. The van der Waals surface area contributed by atoms with Crippen molar-refractivity contribution < 1.29 is 18.7 Å². The van der Waals surface area contributed by atoms with Crippen molar-refractivity contribution in [3.05, 3.63) is 72.3 Å². The third kappa shape index (κ3) is 3.84. The number of aromatic nitrogens is 1. The lowest BCUT2D eigenvalue weighted by Crippen LogP contribution is -2.32.